The zero-order valence-corrected chi connectivity index (χ0v) is 13.8. The molecule has 0 saturated heterocycles. The fourth-order valence-electron chi connectivity index (χ4n) is 1.84. The Kier molecular flexibility index (Phi) is 5.36. The normalized spacial score (nSPS) is 12.8. The third kappa shape index (κ3) is 3.63. The number of thiophene rings is 1. The van der Waals surface area contributed by atoms with Crippen LogP contribution < -0.4 is 5.32 Å². The van der Waals surface area contributed by atoms with E-state index in [1.807, 2.05) is 0 Å². The Labute approximate surface area is 125 Å². The van der Waals surface area contributed by atoms with Gasteiger partial charge < -0.3 is 5.32 Å². The standard InChI is InChI=1S/C13H17BrN2S2/c1-3-5-15-12(13-11(14)4-6-17-13)7-10-8-18-9(2)16-10/h4,6,8,12,15H,3,5,7H2,1-2H3. The molecule has 5 heteroatoms. The van der Waals surface area contributed by atoms with Crippen molar-refractivity contribution in [2.75, 3.05) is 6.54 Å². The second kappa shape index (κ2) is 6.80. The van der Waals surface area contributed by atoms with Gasteiger partial charge in [0.2, 0.25) is 0 Å². The van der Waals surface area contributed by atoms with Gasteiger partial charge in [0, 0.05) is 27.2 Å². The van der Waals surface area contributed by atoms with Crippen molar-refractivity contribution in [1.29, 1.82) is 0 Å². The van der Waals surface area contributed by atoms with Crippen LogP contribution in [-0.4, -0.2) is 11.5 Å². The van der Waals surface area contributed by atoms with Crippen LogP contribution in [-0.2, 0) is 6.42 Å². The summed E-state index contributed by atoms with van der Waals surface area (Å²) in [6, 6.07) is 2.48. The van der Waals surface area contributed by atoms with Crippen LogP contribution in [0.3, 0.4) is 0 Å². The van der Waals surface area contributed by atoms with E-state index in [0.717, 1.165) is 24.4 Å². The predicted octanol–water partition coefficient (Wildman–Crippen LogP) is 4.56. The first kappa shape index (κ1) is 14.2. The molecule has 0 amide bonds. The van der Waals surface area contributed by atoms with E-state index in [1.54, 1.807) is 22.7 Å². The average Bonchev–Trinajstić information content (AvgIpc) is 2.93. The van der Waals surface area contributed by atoms with E-state index in [-0.39, 0.29) is 0 Å². The van der Waals surface area contributed by atoms with Gasteiger partial charge in [0.05, 0.1) is 10.7 Å². The number of rotatable bonds is 6. The summed E-state index contributed by atoms with van der Waals surface area (Å²) in [5, 5.41) is 9.05. The lowest BCUT2D eigenvalue weighted by Crippen LogP contribution is -2.23. The topological polar surface area (TPSA) is 24.9 Å². The molecule has 0 fully saturated rings. The van der Waals surface area contributed by atoms with Crippen LogP contribution in [0.4, 0.5) is 0 Å². The Bertz CT molecular complexity index is 493. The summed E-state index contributed by atoms with van der Waals surface area (Å²) >= 11 is 7.15. The summed E-state index contributed by atoms with van der Waals surface area (Å²) in [7, 11) is 0. The summed E-state index contributed by atoms with van der Waals surface area (Å²) in [6.07, 6.45) is 2.11. The van der Waals surface area contributed by atoms with Gasteiger partial charge in [-0.1, -0.05) is 6.92 Å². The molecule has 1 atom stereocenters. The third-order valence-corrected chi connectivity index (χ3v) is 5.49. The van der Waals surface area contributed by atoms with Crippen molar-refractivity contribution < 1.29 is 0 Å². The second-order valence-electron chi connectivity index (χ2n) is 4.20. The van der Waals surface area contributed by atoms with Crippen LogP contribution in [0.5, 0.6) is 0 Å². The van der Waals surface area contributed by atoms with E-state index < -0.39 is 0 Å². The molecule has 0 aromatic carbocycles. The SMILES string of the molecule is CCCNC(Cc1csc(C)n1)c1sccc1Br. The van der Waals surface area contributed by atoms with Gasteiger partial charge in [0.15, 0.2) is 0 Å². The van der Waals surface area contributed by atoms with Gasteiger partial charge in [-0.15, -0.1) is 22.7 Å². The van der Waals surface area contributed by atoms with E-state index in [2.05, 4.69) is 56.9 Å². The summed E-state index contributed by atoms with van der Waals surface area (Å²) in [5.74, 6) is 0. The lowest BCUT2D eigenvalue weighted by atomic mass is 10.1. The molecule has 0 aliphatic heterocycles. The predicted molar refractivity (Wildman–Crippen MR) is 83.6 cm³/mol. The first-order valence-electron chi connectivity index (χ1n) is 6.08. The largest absolute Gasteiger partial charge is 0.309 e. The maximum atomic E-state index is 4.57. The van der Waals surface area contributed by atoms with Gasteiger partial charge in [-0.05, 0) is 47.3 Å². The van der Waals surface area contributed by atoms with Crippen LogP contribution in [0.15, 0.2) is 21.3 Å². The van der Waals surface area contributed by atoms with E-state index >= 15 is 0 Å². The fourth-order valence-corrected chi connectivity index (χ4v) is 4.19. The Morgan fingerprint density at radius 2 is 2.28 bits per heavy atom. The molecule has 0 aliphatic rings. The summed E-state index contributed by atoms with van der Waals surface area (Å²) < 4.78 is 1.20. The lowest BCUT2D eigenvalue weighted by molar-refractivity contribution is 0.531. The van der Waals surface area contributed by atoms with Crippen LogP contribution in [0.2, 0.25) is 0 Å². The molecule has 18 heavy (non-hydrogen) atoms. The Morgan fingerprint density at radius 3 is 2.83 bits per heavy atom. The second-order valence-corrected chi connectivity index (χ2v) is 7.07. The molecule has 2 aromatic heterocycles. The quantitative estimate of drug-likeness (QED) is 0.830. The van der Waals surface area contributed by atoms with Crippen molar-refractivity contribution in [1.82, 2.24) is 10.3 Å². The smallest absolute Gasteiger partial charge is 0.0897 e. The summed E-state index contributed by atoms with van der Waals surface area (Å²) in [5.41, 5.74) is 1.19. The monoisotopic (exact) mass is 344 g/mol. The average molecular weight is 345 g/mol. The van der Waals surface area contributed by atoms with Crippen LogP contribution >= 0.6 is 38.6 Å². The van der Waals surface area contributed by atoms with E-state index in [4.69, 9.17) is 0 Å². The van der Waals surface area contributed by atoms with Crippen molar-refractivity contribution in [2.45, 2.75) is 32.7 Å². The zero-order chi connectivity index (χ0) is 13.0. The first-order chi connectivity index (χ1) is 8.70. The molecular formula is C13H17BrN2S2. The minimum absolute atomic E-state index is 0.362. The molecule has 1 unspecified atom stereocenters. The van der Waals surface area contributed by atoms with Gasteiger partial charge in [-0.3, -0.25) is 0 Å². The molecule has 2 aromatic rings. The Morgan fingerprint density at radius 1 is 1.44 bits per heavy atom. The van der Waals surface area contributed by atoms with Crippen LogP contribution in [0.1, 0.15) is 35.0 Å². The molecule has 98 valence electrons. The first-order valence-corrected chi connectivity index (χ1v) is 8.63. The molecule has 0 saturated carbocycles. The number of halogens is 1. The number of nitrogens with zero attached hydrogens (tertiary/aromatic N) is 1. The van der Waals surface area contributed by atoms with Crippen molar-refractivity contribution >= 4 is 38.6 Å². The van der Waals surface area contributed by atoms with Crippen molar-refractivity contribution in [3.8, 4) is 0 Å². The maximum absolute atomic E-state index is 4.57. The Balaban J connectivity index is 2.12. The van der Waals surface area contributed by atoms with Gasteiger partial charge in [0.1, 0.15) is 0 Å². The highest BCUT2D eigenvalue weighted by Crippen LogP contribution is 2.31. The number of nitrogens with one attached hydrogen (secondary N) is 1. The van der Waals surface area contributed by atoms with Crippen LogP contribution in [0, 0.1) is 6.92 Å². The molecule has 2 heterocycles. The lowest BCUT2D eigenvalue weighted by Gasteiger charge is -2.16. The number of hydrogen-bond donors (Lipinski definition) is 1. The fraction of sp³-hybridized carbons (Fsp3) is 0.462. The van der Waals surface area contributed by atoms with E-state index in [1.165, 1.54) is 15.0 Å². The molecule has 2 rings (SSSR count). The minimum Gasteiger partial charge on any atom is -0.309 e. The Hall–Kier alpha value is -0.230. The highest BCUT2D eigenvalue weighted by molar-refractivity contribution is 9.10. The maximum Gasteiger partial charge on any atom is 0.0897 e. The van der Waals surface area contributed by atoms with Crippen molar-refractivity contribution in [3.05, 3.63) is 36.9 Å². The molecule has 2 nitrogen and oxygen atoms in total. The van der Waals surface area contributed by atoms with Crippen molar-refractivity contribution in [2.24, 2.45) is 0 Å². The third-order valence-electron chi connectivity index (χ3n) is 2.68. The molecule has 0 bridgehead atoms. The van der Waals surface area contributed by atoms with Gasteiger partial charge in [0.25, 0.3) is 0 Å². The van der Waals surface area contributed by atoms with Gasteiger partial charge in [-0.2, -0.15) is 0 Å². The molecule has 0 spiro atoms. The van der Waals surface area contributed by atoms with E-state index in [9.17, 15) is 0 Å². The summed E-state index contributed by atoms with van der Waals surface area (Å²) in [4.78, 5) is 5.94. The summed E-state index contributed by atoms with van der Waals surface area (Å²) in [6.45, 7) is 5.29. The molecule has 0 aliphatic carbocycles. The van der Waals surface area contributed by atoms with Gasteiger partial charge >= 0.3 is 0 Å². The minimum atomic E-state index is 0.362. The number of aryl methyl sites for hydroxylation is 1. The van der Waals surface area contributed by atoms with Gasteiger partial charge in [-0.25, -0.2) is 4.98 Å². The van der Waals surface area contributed by atoms with Crippen LogP contribution in [0.25, 0.3) is 0 Å². The highest BCUT2D eigenvalue weighted by Gasteiger charge is 2.17. The number of aromatic nitrogens is 1. The molecule has 1 N–H and O–H groups in total. The zero-order valence-electron chi connectivity index (χ0n) is 10.6. The van der Waals surface area contributed by atoms with E-state index in [0.29, 0.717) is 6.04 Å². The molecular weight excluding hydrogens is 328 g/mol. The molecule has 0 radical (unpaired) electrons. The highest BCUT2D eigenvalue weighted by atomic mass is 79.9. The number of thiazole rings is 1. The number of hydrogen-bond acceptors (Lipinski definition) is 4. The van der Waals surface area contributed by atoms with Crippen molar-refractivity contribution in [3.63, 3.8) is 0 Å².